The fourth-order valence-corrected chi connectivity index (χ4v) is 2.67. The van der Waals surface area contributed by atoms with Crippen molar-refractivity contribution in [2.75, 3.05) is 0 Å². The first-order valence-electron chi connectivity index (χ1n) is 7.19. The number of hydrogen-bond donors (Lipinski definition) is 2. The summed E-state index contributed by atoms with van der Waals surface area (Å²) in [6.45, 7) is 4.30. The molecule has 106 valence electrons. The van der Waals surface area contributed by atoms with E-state index in [9.17, 15) is 10.2 Å². The van der Waals surface area contributed by atoms with Crippen LogP contribution in [0.2, 0.25) is 0 Å². The highest BCUT2D eigenvalue weighted by Crippen LogP contribution is 2.32. The van der Waals surface area contributed by atoms with Crippen LogP contribution in [0.3, 0.4) is 0 Å². The van der Waals surface area contributed by atoms with Gasteiger partial charge in [0.25, 0.3) is 0 Å². The van der Waals surface area contributed by atoms with E-state index in [0.717, 1.165) is 18.4 Å². The molecule has 0 spiro atoms. The van der Waals surface area contributed by atoms with Gasteiger partial charge in [-0.3, -0.25) is 0 Å². The molecule has 2 N–H and O–H groups in total. The molecule has 0 heterocycles. The van der Waals surface area contributed by atoms with Crippen LogP contribution >= 0.6 is 0 Å². The van der Waals surface area contributed by atoms with Gasteiger partial charge in [-0.15, -0.1) is 0 Å². The van der Waals surface area contributed by atoms with Gasteiger partial charge in [-0.1, -0.05) is 56.3 Å². The first kappa shape index (κ1) is 14.8. The predicted octanol–water partition coefficient (Wildman–Crippen LogP) is 3.83. The summed E-state index contributed by atoms with van der Waals surface area (Å²) < 4.78 is 0. The first-order chi connectivity index (χ1) is 9.57. The molecule has 1 aromatic rings. The lowest BCUT2D eigenvalue weighted by atomic mass is 9.88. The quantitative estimate of drug-likeness (QED) is 0.816. The van der Waals surface area contributed by atoms with Gasteiger partial charge in [0.15, 0.2) is 5.79 Å². The smallest absolute Gasteiger partial charge is 0.186 e. The van der Waals surface area contributed by atoms with Crippen LogP contribution in [0, 0.1) is 0 Å². The van der Waals surface area contributed by atoms with Crippen molar-refractivity contribution < 1.29 is 10.2 Å². The molecule has 1 aliphatic rings. The van der Waals surface area contributed by atoms with Crippen molar-refractivity contribution in [2.45, 2.75) is 38.9 Å². The molecule has 0 radical (unpaired) electrons. The topological polar surface area (TPSA) is 40.5 Å². The van der Waals surface area contributed by atoms with Crippen molar-refractivity contribution in [3.05, 3.63) is 65.3 Å². The number of hydrogen-bond acceptors (Lipinski definition) is 2. The van der Waals surface area contributed by atoms with E-state index in [0.29, 0.717) is 0 Å². The Morgan fingerprint density at radius 2 is 1.70 bits per heavy atom. The third-order valence-corrected chi connectivity index (χ3v) is 3.69. The van der Waals surface area contributed by atoms with E-state index in [4.69, 9.17) is 0 Å². The fraction of sp³-hybridized carbons (Fsp3) is 0.333. The SMILES string of the molecule is CCC(C1=CCC(O)(O)C=C1)=C(CC)c1ccccc1. The average Bonchev–Trinajstić information content (AvgIpc) is 2.46. The maximum Gasteiger partial charge on any atom is 0.186 e. The van der Waals surface area contributed by atoms with Gasteiger partial charge in [-0.05, 0) is 41.2 Å². The van der Waals surface area contributed by atoms with Crippen molar-refractivity contribution >= 4 is 5.57 Å². The highest BCUT2D eigenvalue weighted by atomic mass is 16.5. The molecule has 2 heteroatoms. The molecule has 0 aliphatic heterocycles. The van der Waals surface area contributed by atoms with Gasteiger partial charge in [0.2, 0.25) is 0 Å². The van der Waals surface area contributed by atoms with E-state index in [1.807, 2.05) is 18.2 Å². The highest BCUT2D eigenvalue weighted by Gasteiger charge is 2.22. The Labute approximate surface area is 120 Å². The van der Waals surface area contributed by atoms with Crippen LogP contribution in [0.5, 0.6) is 0 Å². The van der Waals surface area contributed by atoms with Gasteiger partial charge in [0.1, 0.15) is 0 Å². The van der Waals surface area contributed by atoms with Gasteiger partial charge in [-0.25, -0.2) is 0 Å². The van der Waals surface area contributed by atoms with Gasteiger partial charge in [-0.2, -0.15) is 0 Å². The van der Waals surface area contributed by atoms with Crippen LogP contribution in [0.1, 0.15) is 38.7 Å². The fourth-order valence-electron chi connectivity index (χ4n) is 2.67. The zero-order valence-corrected chi connectivity index (χ0v) is 12.1. The highest BCUT2D eigenvalue weighted by molar-refractivity contribution is 5.73. The van der Waals surface area contributed by atoms with Crippen molar-refractivity contribution in [1.29, 1.82) is 0 Å². The summed E-state index contributed by atoms with van der Waals surface area (Å²) in [5.41, 5.74) is 4.95. The molecule has 2 rings (SSSR count). The van der Waals surface area contributed by atoms with Crippen molar-refractivity contribution in [2.24, 2.45) is 0 Å². The summed E-state index contributed by atoms with van der Waals surface area (Å²) in [6.07, 6.45) is 7.34. The molecule has 0 fully saturated rings. The molecule has 1 aliphatic carbocycles. The van der Waals surface area contributed by atoms with Crippen LogP contribution in [-0.2, 0) is 0 Å². The van der Waals surface area contributed by atoms with Gasteiger partial charge in [0.05, 0.1) is 0 Å². The van der Waals surface area contributed by atoms with Crippen molar-refractivity contribution in [3.63, 3.8) is 0 Å². The molecule has 20 heavy (non-hydrogen) atoms. The van der Waals surface area contributed by atoms with Crippen LogP contribution in [0.4, 0.5) is 0 Å². The molecule has 2 nitrogen and oxygen atoms in total. The van der Waals surface area contributed by atoms with E-state index in [2.05, 4.69) is 38.1 Å². The minimum absolute atomic E-state index is 0.244. The van der Waals surface area contributed by atoms with Crippen LogP contribution in [-0.4, -0.2) is 16.0 Å². The maximum absolute atomic E-state index is 9.57. The first-order valence-corrected chi connectivity index (χ1v) is 7.19. The van der Waals surface area contributed by atoms with Gasteiger partial charge in [0, 0.05) is 6.42 Å². The van der Waals surface area contributed by atoms with Crippen molar-refractivity contribution in [3.8, 4) is 0 Å². The van der Waals surface area contributed by atoms with Gasteiger partial charge < -0.3 is 10.2 Å². The minimum atomic E-state index is -1.69. The molecule has 0 saturated heterocycles. The molecule has 1 aromatic carbocycles. The minimum Gasteiger partial charge on any atom is -0.362 e. The van der Waals surface area contributed by atoms with Crippen LogP contribution in [0.25, 0.3) is 5.57 Å². The molecule has 0 atom stereocenters. The Morgan fingerprint density at radius 1 is 1.05 bits per heavy atom. The second-order valence-electron chi connectivity index (χ2n) is 5.11. The Balaban J connectivity index is 2.42. The van der Waals surface area contributed by atoms with E-state index < -0.39 is 5.79 Å². The lowest BCUT2D eigenvalue weighted by Gasteiger charge is -2.22. The summed E-state index contributed by atoms with van der Waals surface area (Å²) >= 11 is 0. The molecular weight excluding hydrogens is 248 g/mol. The summed E-state index contributed by atoms with van der Waals surface area (Å²) in [5.74, 6) is -1.69. The number of benzene rings is 1. The van der Waals surface area contributed by atoms with E-state index in [1.165, 1.54) is 22.8 Å². The van der Waals surface area contributed by atoms with E-state index >= 15 is 0 Å². The third-order valence-electron chi connectivity index (χ3n) is 3.69. The summed E-state index contributed by atoms with van der Waals surface area (Å²) in [7, 11) is 0. The third kappa shape index (κ3) is 3.27. The van der Waals surface area contributed by atoms with E-state index in [-0.39, 0.29) is 6.42 Å². The number of rotatable bonds is 4. The zero-order valence-electron chi connectivity index (χ0n) is 12.1. The maximum atomic E-state index is 9.57. The Bertz CT molecular complexity index is 548. The molecular formula is C18H22O2. The van der Waals surface area contributed by atoms with Gasteiger partial charge >= 0.3 is 0 Å². The second-order valence-corrected chi connectivity index (χ2v) is 5.11. The summed E-state index contributed by atoms with van der Waals surface area (Å²) in [6, 6.07) is 10.4. The molecule has 0 aromatic heterocycles. The van der Waals surface area contributed by atoms with Crippen LogP contribution < -0.4 is 0 Å². The average molecular weight is 270 g/mol. The Kier molecular flexibility index (Phi) is 4.58. The Morgan fingerprint density at radius 3 is 2.20 bits per heavy atom. The molecule has 0 amide bonds. The number of aliphatic hydroxyl groups is 2. The molecule has 0 unspecified atom stereocenters. The standard InChI is InChI=1S/C18H22O2/c1-3-16(14-8-6-5-7-9-14)17(4-2)15-10-12-18(19,20)13-11-15/h5-12,19-20H,3-4,13H2,1-2H3. The normalized spacial score (nSPS) is 18.5. The van der Waals surface area contributed by atoms with E-state index in [1.54, 1.807) is 0 Å². The monoisotopic (exact) mass is 270 g/mol. The number of allylic oxidation sites excluding steroid dienone is 4. The lowest BCUT2D eigenvalue weighted by Crippen LogP contribution is -2.25. The van der Waals surface area contributed by atoms with Crippen LogP contribution in [0.15, 0.2) is 59.7 Å². The Hall–Kier alpha value is -1.64. The molecule has 0 saturated carbocycles. The summed E-state index contributed by atoms with van der Waals surface area (Å²) in [4.78, 5) is 0. The largest absolute Gasteiger partial charge is 0.362 e. The summed E-state index contributed by atoms with van der Waals surface area (Å²) in [5, 5.41) is 19.1. The zero-order chi connectivity index (χ0) is 14.6. The lowest BCUT2D eigenvalue weighted by molar-refractivity contribution is -0.115. The second kappa shape index (κ2) is 6.21. The van der Waals surface area contributed by atoms with Crippen molar-refractivity contribution in [1.82, 2.24) is 0 Å². The predicted molar refractivity (Wildman–Crippen MR) is 83.0 cm³/mol. The molecule has 0 bridgehead atoms.